The number of carbonyl (C=O) groups is 3. The highest BCUT2D eigenvalue weighted by molar-refractivity contribution is 5.94. The first-order valence-electron chi connectivity index (χ1n) is 10.7. The molecule has 0 aliphatic carbocycles. The molecule has 0 spiro atoms. The van der Waals surface area contributed by atoms with Gasteiger partial charge in [-0.25, -0.2) is 0 Å². The van der Waals surface area contributed by atoms with Crippen LogP contribution >= 0.6 is 0 Å². The number of nitrogens with one attached hydrogen (secondary N) is 3. The predicted molar refractivity (Wildman–Crippen MR) is 121 cm³/mol. The molecular formula is C24H30N4O3. The molecule has 3 rings (SSSR count). The van der Waals surface area contributed by atoms with Gasteiger partial charge in [0.25, 0.3) is 5.91 Å². The van der Waals surface area contributed by atoms with Crippen molar-refractivity contribution in [2.24, 2.45) is 0 Å². The maximum Gasteiger partial charge on any atom is 0.251 e. The number of likely N-dealkylation sites (tertiary alicyclic amines) is 1. The van der Waals surface area contributed by atoms with E-state index in [2.05, 4.69) is 20.9 Å². The van der Waals surface area contributed by atoms with E-state index < -0.39 is 0 Å². The topological polar surface area (TPSA) is 90.5 Å². The van der Waals surface area contributed by atoms with Crippen molar-refractivity contribution in [2.45, 2.75) is 38.3 Å². The Kier molecular flexibility index (Phi) is 8.18. The summed E-state index contributed by atoms with van der Waals surface area (Å²) < 4.78 is 0. The third-order valence-electron chi connectivity index (χ3n) is 5.28. The molecule has 1 unspecified atom stereocenters. The standard InChI is InChI=1S/C24H30N4O3/c1-18(25-24(31)19-8-4-2-5-9-19)16-22(29)26-21-12-14-28(15-13-21)17-23(30)27-20-10-6-3-7-11-20/h2-11,18,21H,12-17H2,1H3,(H,25,31)(H,26,29)(H,27,30). The van der Waals surface area contributed by atoms with Crippen molar-refractivity contribution in [2.75, 3.05) is 25.0 Å². The number of amides is 3. The van der Waals surface area contributed by atoms with Crippen LogP contribution in [0.2, 0.25) is 0 Å². The van der Waals surface area contributed by atoms with Gasteiger partial charge in [0.1, 0.15) is 0 Å². The van der Waals surface area contributed by atoms with Crippen LogP contribution < -0.4 is 16.0 Å². The highest BCUT2D eigenvalue weighted by atomic mass is 16.2. The van der Waals surface area contributed by atoms with E-state index in [4.69, 9.17) is 0 Å². The number of piperidine rings is 1. The first-order chi connectivity index (χ1) is 15.0. The van der Waals surface area contributed by atoms with E-state index in [9.17, 15) is 14.4 Å². The lowest BCUT2D eigenvalue weighted by Gasteiger charge is -2.32. The Balaban J connectivity index is 1.34. The van der Waals surface area contributed by atoms with Crippen molar-refractivity contribution >= 4 is 23.4 Å². The molecule has 164 valence electrons. The minimum Gasteiger partial charge on any atom is -0.353 e. The van der Waals surface area contributed by atoms with Crippen molar-refractivity contribution in [3.05, 3.63) is 66.2 Å². The average molecular weight is 423 g/mol. The Hall–Kier alpha value is -3.19. The van der Waals surface area contributed by atoms with Crippen molar-refractivity contribution in [3.8, 4) is 0 Å². The smallest absolute Gasteiger partial charge is 0.251 e. The lowest BCUT2D eigenvalue weighted by atomic mass is 10.0. The fourth-order valence-electron chi connectivity index (χ4n) is 3.67. The molecule has 7 nitrogen and oxygen atoms in total. The molecule has 1 atom stereocenters. The summed E-state index contributed by atoms with van der Waals surface area (Å²) in [6.07, 6.45) is 1.84. The van der Waals surface area contributed by atoms with E-state index in [0.29, 0.717) is 12.1 Å². The van der Waals surface area contributed by atoms with E-state index in [1.54, 1.807) is 12.1 Å². The van der Waals surface area contributed by atoms with E-state index in [-0.39, 0.29) is 36.2 Å². The fourth-order valence-corrected chi connectivity index (χ4v) is 3.67. The van der Waals surface area contributed by atoms with Gasteiger partial charge in [-0.1, -0.05) is 36.4 Å². The maximum atomic E-state index is 12.4. The lowest BCUT2D eigenvalue weighted by molar-refractivity contribution is -0.123. The number of para-hydroxylation sites is 1. The van der Waals surface area contributed by atoms with Crippen molar-refractivity contribution < 1.29 is 14.4 Å². The number of carbonyl (C=O) groups excluding carboxylic acids is 3. The molecule has 1 aliphatic heterocycles. The zero-order chi connectivity index (χ0) is 22.1. The van der Waals surface area contributed by atoms with Crippen molar-refractivity contribution in [1.82, 2.24) is 15.5 Å². The number of hydrogen-bond donors (Lipinski definition) is 3. The molecule has 7 heteroatoms. The SMILES string of the molecule is CC(CC(=O)NC1CCN(CC(=O)Nc2ccccc2)CC1)NC(=O)c1ccccc1. The lowest BCUT2D eigenvalue weighted by Crippen LogP contribution is -2.47. The summed E-state index contributed by atoms with van der Waals surface area (Å²) >= 11 is 0. The summed E-state index contributed by atoms with van der Waals surface area (Å²) in [5.41, 5.74) is 1.38. The van der Waals surface area contributed by atoms with E-state index in [1.165, 1.54) is 0 Å². The van der Waals surface area contributed by atoms with Gasteiger partial charge in [0.15, 0.2) is 0 Å². The summed E-state index contributed by atoms with van der Waals surface area (Å²) in [4.78, 5) is 38.8. The van der Waals surface area contributed by atoms with Crippen LogP contribution in [0.3, 0.4) is 0 Å². The molecule has 1 heterocycles. The largest absolute Gasteiger partial charge is 0.353 e. The Morgan fingerprint density at radius 3 is 2.19 bits per heavy atom. The molecule has 31 heavy (non-hydrogen) atoms. The molecule has 1 fully saturated rings. The van der Waals surface area contributed by atoms with Crippen LogP contribution in [0.4, 0.5) is 5.69 Å². The van der Waals surface area contributed by atoms with E-state index >= 15 is 0 Å². The van der Waals surface area contributed by atoms with Crippen LogP contribution in [0.15, 0.2) is 60.7 Å². The maximum absolute atomic E-state index is 12.4. The monoisotopic (exact) mass is 422 g/mol. The van der Waals surface area contributed by atoms with E-state index in [1.807, 2.05) is 55.5 Å². The highest BCUT2D eigenvalue weighted by Crippen LogP contribution is 2.12. The third-order valence-corrected chi connectivity index (χ3v) is 5.28. The first-order valence-corrected chi connectivity index (χ1v) is 10.7. The zero-order valence-corrected chi connectivity index (χ0v) is 17.8. The molecule has 0 saturated carbocycles. The van der Waals surface area contributed by atoms with Gasteiger partial charge in [-0.15, -0.1) is 0 Å². The Morgan fingerprint density at radius 1 is 0.935 bits per heavy atom. The number of nitrogens with zero attached hydrogens (tertiary/aromatic N) is 1. The number of anilines is 1. The molecule has 0 radical (unpaired) electrons. The molecule has 1 aliphatic rings. The molecule has 2 aromatic carbocycles. The highest BCUT2D eigenvalue weighted by Gasteiger charge is 2.23. The van der Waals surface area contributed by atoms with Crippen LogP contribution in [-0.4, -0.2) is 54.3 Å². The van der Waals surface area contributed by atoms with Gasteiger partial charge in [0, 0.05) is 42.8 Å². The van der Waals surface area contributed by atoms with Gasteiger partial charge in [-0.3, -0.25) is 19.3 Å². The molecule has 3 amide bonds. The third kappa shape index (κ3) is 7.53. The van der Waals surface area contributed by atoms with Gasteiger partial charge in [0.05, 0.1) is 6.54 Å². The van der Waals surface area contributed by atoms with Crippen LogP contribution in [0.5, 0.6) is 0 Å². The second-order valence-corrected chi connectivity index (χ2v) is 7.98. The van der Waals surface area contributed by atoms with Gasteiger partial charge in [-0.2, -0.15) is 0 Å². The summed E-state index contributed by atoms with van der Waals surface area (Å²) in [5.74, 6) is -0.277. The normalized spacial score (nSPS) is 15.6. The van der Waals surface area contributed by atoms with Crippen LogP contribution in [0.25, 0.3) is 0 Å². The number of rotatable bonds is 8. The molecule has 2 aromatic rings. The molecule has 0 bridgehead atoms. The van der Waals surface area contributed by atoms with Crippen molar-refractivity contribution in [1.29, 1.82) is 0 Å². The van der Waals surface area contributed by atoms with Gasteiger partial charge in [-0.05, 0) is 44.0 Å². The second-order valence-electron chi connectivity index (χ2n) is 7.98. The predicted octanol–water partition coefficient (Wildman–Crippen LogP) is 2.41. The molecular weight excluding hydrogens is 392 g/mol. The fraction of sp³-hybridized carbons (Fsp3) is 0.375. The summed E-state index contributed by atoms with van der Waals surface area (Å²) in [7, 11) is 0. The number of hydrogen-bond acceptors (Lipinski definition) is 4. The van der Waals surface area contributed by atoms with Gasteiger partial charge < -0.3 is 16.0 Å². The van der Waals surface area contributed by atoms with Gasteiger partial charge in [0.2, 0.25) is 11.8 Å². The zero-order valence-electron chi connectivity index (χ0n) is 17.8. The van der Waals surface area contributed by atoms with E-state index in [0.717, 1.165) is 31.6 Å². The minimum atomic E-state index is -0.255. The average Bonchev–Trinajstić information content (AvgIpc) is 2.76. The quantitative estimate of drug-likeness (QED) is 0.609. The Bertz CT molecular complexity index is 865. The molecule has 0 aromatic heterocycles. The Labute approximate surface area is 183 Å². The Morgan fingerprint density at radius 2 is 1.55 bits per heavy atom. The van der Waals surface area contributed by atoms with Crippen LogP contribution in [0.1, 0.15) is 36.5 Å². The number of benzene rings is 2. The molecule has 3 N–H and O–H groups in total. The van der Waals surface area contributed by atoms with Crippen LogP contribution in [0, 0.1) is 0 Å². The van der Waals surface area contributed by atoms with Gasteiger partial charge >= 0.3 is 0 Å². The summed E-state index contributed by atoms with van der Waals surface area (Å²) in [5, 5.41) is 8.82. The minimum absolute atomic E-state index is 0.0309. The summed E-state index contributed by atoms with van der Waals surface area (Å²) in [6.45, 7) is 3.69. The second kappa shape index (κ2) is 11.3. The summed E-state index contributed by atoms with van der Waals surface area (Å²) in [6, 6.07) is 18.2. The first kappa shape index (κ1) is 22.5. The van der Waals surface area contributed by atoms with Crippen LogP contribution in [-0.2, 0) is 9.59 Å². The van der Waals surface area contributed by atoms with Crippen molar-refractivity contribution in [3.63, 3.8) is 0 Å². The molecule has 1 saturated heterocycles.